The molecule has 8 heteroatoms. The number of aromatic nitrogens is 2. The van der Waals surface area contributed by atoms with E-state index >= 15 is 0 Å². The van der Waals surface area contributed by atoms with Crippen LogP contribution in [0.2, 0.25) is 5.02 Å². The maximum absolute atomic E-state index is 12.3. The van der Waals surface area contributed by atoms with Crippen molar-refractivity contribution in [3.05, 3.63) is 53.6 Å². The van der Waals surface area contributed by atoms with Crippen LogP contribution in [0.25, 0.3) is 0 Å². The quantitative estimate of drug-likeness (QED) is 0.895. The molecular formula is C17H18ClN5O2. The smallest absolute Gasteiger partial charge is 0.274 e. The molecule has 0 bridgehead atoms. The molecule has 0 atom stereocenters. The number of hydrogen-bond acceptors (Lipinski definition) is 5. The Labute approximate surface area is 150 Å². The predicted octanol–water partition coefficient (Wildman–Crippen LogP) is 1.53. The van der Waals surface area contributed by atoms with E-state index in [9.17, 15) is 9.59 Å². The maximum atomic E-state index is 12.3. The molecular weight excluding hydrogens is 342 g/mol. The molecule has 7 nitrogen and oxygen atoms in total. The van der Waals surface area contributed by atoms with Gasteiger partial charge in [-0.15, -0.1) is 0 Å². The molecule has 2 amide bonds. The SMILES string of the molecule is O=C(CN1CCN(C(=O)c2cnccn2)CC1)Nc1ccccc1Cl. The summed E-state index contributed by atoms with van der Waals surface area (Å²) in [4.78, 5) is 36.2. The monoisotopic (exact) mass is 359 g/mol. The lowest BCUT2D eigenvalue weighted by Gasteiger charge is -2.34. The molecule has 1 saturated heterocycles. The Kier molecular flexibility index (Phi) is 5.57. The summed E-state index contributed by atoms with van der Waals surface area (Å²) in [5.74, 6) is -0.255. The van der Waals surface area contributed by atoms with Crippen molar-refractivity contribution >= 4 is 29.1 Å². The minimum Gasteiger partial charge on any atom is -0.335 e. The average Bonchev–Trinajstić information content (AvgIpc) is 2.64. The van der Waals surface area contributed by atoms with Crippen molar-refractivity contribution in [2.45, 2.75) is 0 Å². The zero-order chi connectivity index (χ0) is 17.6. The van der Waals surface area contributed by atoms with E-state index < -0.39 is 0 Å². The van der Waals surface area contributed by atoms with Crippen molar-refractivity contribution in [3.8, 4) is 0 Å². The lowest BCUT2D eigenvalue weighted by molar-refractivity contribution is -0.117. The Morgan fingerprint density at radius 2 is 1.88 bits per heavy atom. The highest BCUT2D eigenvalue weighted by Gasteiger charge is 2.24. The fraction of sp³-hybridized carbons (Fsp3) is 0.294. The third-order valence-electron chi connectivity index (χ3n) is 3.96. The van der Waals surface area contributed by atoms with Crippen LogP contribution < -0.4 is 5.32 Å². The molecule has 2 heterocycles. The third kappa shape index (κ3) is 4.52. The summed E-state index contributed by atoms with van der Waals surface area (Å²) in [6.45, 7) is 2.62. The first-order chi connectivity index (χ1) is 12.1. The van der Waals surface area contributed by atoms with Crippen LogP contribution in [0.1, 0.15) is 10.5 Å². The topological polar surface area (TPSA) is 78.4 Å². The summed E-state index contributed by atoms with van der Waals surface area (Å²) < 4.78 is 0. The fourth-order valence-electron chi connectivity index (χ4n) is 2.64. The van der Waals surface area contributed by atoms with Crippen LogP contribution in [0, 0.1) is 0 Å². The number of carbonyl (C=O) groups is 2. The zero-order valence-electron chi connectivity index (χ0n) is 13.6. The molecule has 1 aromatic heterocycles. The van der Waals surface area contributed by atoms with Gasteiger partial charge in [0.05, 0.1) is 23.5 Å². The number of carbonyl (C=O) groups excluding carboxylic acids is 2. The molecule has 130 valence electrons. The van der Waals surface area contributed by atoms with Gasteiger partial charge >= 0.3 is 0 Å². The molecule has 0 saturated carbocycles. The van der Waals surface area contributed by atoms with Crippen LogP contribution in [0.15, 0.2) is 42.9 Å². The molecule has 1 N–H and O–H groups in total. The first-order valence-electron chi connectivity index (χ1n) is 7.95. The Bertz CT molecular complexity index is 748. The number of anilines is 1. The van der Waals surface area contributed by atoms with Gasteiger partial charge in [-0.3, -0.25) is 19.5 Å². The van der Waals surface area contributed by atoms with E-state index in [0.717, 1.165) is 0 Å². The third-order valence-corrected chi connectivity index (χ3v) is 4.29. The second kappa shape index (κ2) is 8.04. The molecule has 1 aromatic carbocycles. The minimum absolute atomic E-state index is 0.123. The van der Waals surface area contributed by atoms with Crippen molar-refractivity contribution in [2.75, 3.05) is 38.0 Å². The maximum Gasteiger partial charge on any atom is 0.274 e. The summed E-state index contributed by atoms with van der Waals surface area (Å²) in [7, 11) is 0. The number of rotatable bonds is 4. The van der Waals surface area contributed by atoms with Crippen molar-refractivity contribution in [1.29, 1.82) is 0 Å². The largest absolute Gasteiger partial charge is 0.335 e. The molecule has 25 heavy (non-hydrogen) atoms. The number of para-hydroxylation sites is 1. The van der Waals surface area contributed by atoms with E-state index in [2.05, 4.69) is 15.3 Å². The highest BCUT2D eigenvalue weighted by molar-refractivity contribution is 6.33. The van der Waals surface area contributed by atoms with Crippen molar-refractivity contribution in [1.82, 2.24) is 19.8 Å². The Morgan fingerprint density at radius 3 is 2.56 bits per heavy atom. The first kappa shape index (κ1) is 17.3. The fourth-order valence-corrected chi connectivity index (χ4v) is 2.82. The number of nitrogens with zero attached hydrogens (tertiary/aromatic N) is 4. The first-order valence-corrected chi connectivity index (χ1v) is 8.33. The van der Waals surface area contributed by atoms with Crippen LogP contribution in [0.5, 0.6) is 0 Å². The van der Waals surface area contributed by atoms with E-state index in [4.69, 9.17) is 11.6 Å². The van der Waals surface area contributed by atoms with E-state index in [1.165, 1.54) is 18.6 Å². The number of halogens is 1. The lowest BCUT2D eigenvalue weighted by atomic mass is 10.2. The molecule has 0 spiro atoms. The second-order valence-electron chi connectivity index (χ2n) is 5.69. The molecule has 1 aliphatic rings. The van der Waals surface area contributed by atoms with Crippen LogP contribution in [0.4, 0.5) is 5.69 Å². The van der Waals surface area contributed by atoms with Gasteiger partial charge in [0.15, 0.2) is 0 Å². The van der Waals surface area contributed by atoms with Crippen LogP contribution in [-0.2, 0) is 4.79 Å². The van der Waals surface area contributed by atoms with Crippen LogP contribution >= 0.6 is 11.6 Å². The minimum atomic E-state index is -0.131. The molecule has 0 aliphatic carbocycles. The van der Waals surface area contributed by atoms with E-state index in [0.29, 0.717) is 42.6 Å². The van der Waals surface area contributed by atoms with Gasteiger partial charge in [0.2, 0.25) is 5.91 Å². The van der Waals surface area contributed by atoms with Crippen molar-refractivity contribution in [2.24, 2.45) is 0 Å². The molecule has 1 aliphatic heterocycles. The van der Waals surface area contributed by atoms with Gasteiger partial charge in [-0.1, -0.05) is 23.7 Å². The number of piperazine rings is 1. The second-order valence-corrected chi connectivity index (χ2v) is 6.09. The normalized spacial score (nSPS) is 15.0. The average molecular weight is 360 g/mol. The summed E-state index contributed by atoms with van der Waals surface area (Å²) in [5, 5.41) is 3.32. The molecule has 1 fully saturated rings. The summed E-state index contributed by atoms with van der Waals surface area (Å²) in [6, 6.07) is 7.12. The number of benzene rings is 1. The number of hydrogen-bond donors (Lipinski definition) is 1. The van der Waals surface area contributed by atoms with E-state index in [1.807, 2.05) is 17.0 Å². The Hall–Kier alpha value is -2.51. The highest BCUT2D eigenvalue weighted by atomic mass is 35.5. The van der Waals surface area contributed by atoms with Gasteiger partial charge in [-0.25, -0.2) is 4.98 Å². The highest BCUT2D eigenvalue weighted by Crippen LogP contribution is 2.20. The van der Waals surface area contributed by atoms with Crippen LogP contribution in [-0.4, -0.2) is 64.3 Å². The van der Waals surface area contributed by atoms with Gasteiger partial charge < -0.3 is 10.2 Å². The van der Waals surface area contributed by atoms with Gasteiger partial charge in [-0.2, -0.15) is 0 Å². The predicted molar refractivity (Wildman–Crippen MR) is 94.5 cm³/mol. The number of nitrogens with one attached hydrogen (secondary N) is 1. The Morgan fingerprint density at radius 1 is 1.12 bits per heavy atom. The summed E-state index contributed by atoms with van der Waals surface area (Å²) in [5.41, 5.74) is 0.943. The Balaban J connectivity index is 1.48. The van der Waals surface area contributed by atoms with Gasteiger partial charge in [0, 0.05) is 38.6 Å². The van der Waals surface area contributed by atoms with Crippen LogP contribution in [0.3, 0.4) is 0 Å². The van der Waals surface area contributed by atoms with E-state index in [-0.39, 0.29) is 18.4 Å². The summed E-state index contributed by atoms with van der Waals surface area (Å²) >= 11 is 6.04. The summed E-state index contributed by atoms with van der Waals surface area (Å²) in [6.07, 6.45) is 4.50. The zero-order valence-corrected chi connectivity index (χ0v) is 14.3. The molecule has 0 radical (unpaired) electrons. The molecule has 0 unspecified atom stereocenters. The van der Waals surface area contributed by atoms with E-state index in [1.54, 1.807) is 17.0 Å². The number of amides is 2. The van der Waals surface area contributed by atoms with Crippen molar-refractivity contribution in [3.63, 3.8) is 0 Å². The van der Waals surface area contributed by atoms with Gasteiger partial charge in [0.1, 0.15) is 5.69 Å². The molecule has 2 aromatic rings. The van der Waals surface area contributed by atoms with Gasteiger partial charge in [0.25, 0.3) is 5.91 Å². The lowest BCUT2D eigenvalue weighted by Crippen LogP contribution is -2.50. The molecule has 3 rings (SSSR count). The standard InChI is InChI=1S/C17H18ClN5O2/c18-13-3-1-2-4-14(13)21-16(24)12-22-7-9-23(10-8-22)17(25)15-11-19-5-6-20-15/h1-6,11H,7-10,12H2,(H,21,24). The van der Waals surface area contributed by atoms with Crippen molar-refractivity contribution < 1.29 is 9.59 Å². The van der Waals surface area contributed by atoms with Gasteiger partial charge in [-0.05, 0) is 12.1 Å².